The van der Waals surface area contributed by atoms with Crippen LogP contribution in [0, 0.1) is 5.92 Å². The minimum Gasteiger partial charge on any atom is -0.492 e. The van der Waals surface area contributed by atoms with Gasteiger partial charge in [0.1, 0.15) is 12.4 Å². The second-order valence-electron chi connectivity index (χ2n) is 8.05. The van der Waals surface area contributed by atoms with Crippen LogP contribution in [0.1, 0.15) is 18.4 Å². The van der Waals surface area contributed by atoms with E-state index in [0.717, 1.165) is 44.8 Å². The lowest BCUT2D eigenvalue weighted by Crippen LogP contribution is -2.43. The van der Waals surface area contributed by atoms with Gasteiger partial charge in [0.2, 0.25) is 5.91 Å². The molecule has 2 aromatic carbocycles. The molecule has 0 saturated carbocycles. The summed E-state index contributed by atoms with van der Waals surface area (Å²) in [4.78, 5) is 16.9. The number of hydrogen-bond acceptors (Lipinski definition) is 4. The molecule has 1 amide bonds. The summed E-state index contributed by atoms with van der Waals surface area (Å²) in [6.07, 6.45) is 2.29. The highest BCUT2D eigenvalue weighted by molar-refractivity contribution is 6.30. The lowest BCUT2D eigenvalue weighted by atomic mass is 9.96. The van der Waals surface area contributed by atoms with Gasteiger partial charge in [-0.2, -0.15) is 0 Å². The van der Waals surface area contributed by atoms with Gasteiger partial charge in [-0.05, 0) is 68.7 Å². The van der Waals surface area contributed by atoms with Crippen LogP contribution in [0.4, 0.5) is 0 Å². The summed E-state index contributed by atoms with van der Waals surface area (Å²) in [7, 11) is 2.19. The van der Waals surface area contributed by atoms with Gasteiger partial charge < -0.3 is 15.0 Å². The van der Waals surface area contributed by atoms with Crippen LogP contribution in [-0.4, -0.2) is 62.1 Å². The topological polar surface area (TPSA) is 44.8 Å². The Morgan fingerprint density at radius 3 is 2.53 bits per heavy atom. The SMILES string of the molecule is CN(Cc1ccccc1)CC1CCN(CC(=O)NCCOc2ccc(Cl)cc2)CC1. The average molecular weight is 430 g/mol. The van der Waals surface area contributed by atoms with Crippen molar-refractivity contribution in [2.24, 2.45) is 5.92 Å². The minimum atomic E-state index is 0.0642. The first-order valence-corrected chi connectivity index (χ1v) is 11.1. The number of nitrogens with zero attached hydrogens (tertiary/aromatic N) is 2. The smallest absolute Gasteiger partial charge is 0.234 e. The zero-order chi connectivity index (χ0) is 21.2. The molecule has 0 aromatic heterocycles. The quantitative estimate of drug-likeness (QED) is 0.585. The summed E-state index contributed by atoms with van der Waals surface area (Å²) in [6, 6.07) is 17.8. The third-order valence-electron chi connectivity index (χ3n) is 5.45. The molecule has 1 heterocycles. The fraction of sp³-hybridized carbons (Fsp3) is 0.458. The van der Waals surface area contributed by atoms with Gasteiger partial charge in [0, 0.05) is 18.1 Å². The van der Waals surface area contributed by atoms with E-state index in [2.05, 4.69) is 52.5 Å². The van der Waals surface area contributed by atoms with E-state index in [1.54, 1.807) is 12.1 Å². The van der Waals surface area contributed by atoms with E-state index in [1.807, 2.05) is 12.1 Å². The molecule has 1 saturated heterocycles. The summed E-state index contributed by atoms with van der Waals surface area (Å²) < 4.78 is 5.60. The summed E-state index contributed by atoms with van der Waals surface area (Å²) in [6.45, 7) is 5.48. The minimum absolute atomic E-state index is 0.0642. The molecule has 1 N–H and O–H groups in total. The normalized spacial score (nSPS) is 15.3. The Hall–Kier alpha value is -2.08. The molecule has 6 heteroatoms. The van der Waals surface area contributed by atoms with Gasteiger partial charge in [0.25, 0.3) is 0 Å². The average Bonchev–Trinajstić information content (AvgIpc) is 2.74. The van der Waals surface area contributed by atoms with Crippen molar-refractivity contribution in [2.45, 2.75) is 19.4 Å². The standard InChI is InChI=1S/C24H32ClN3O2/c1-27(17-20-5-3-2-4-6-20)18-21-11-14-28(15-12-21)19-24(29)26-13-16-30-23-9-7-22(25)8-10-23/h2-10,21H,11-19H2,1H3,(H,26,29). The number of carbonyl (C=O) groups is 1. The third-order valence-corrected chi connectivity index (χ3v) is 5.70. The highest BCUT2D eigenvalue weighted by Gasteiger charge is 2.21. The van der Waals surface area contributed by atoms with Crippen LogP contribution < -0.4 is 10.1 Å². The van der Waals surface area contributed by atoms with Crippen molar-refractivity contribution in [2.75, 3.05) is 46.4 Å². The van der Waals surface area contributed by atoms with E-state index in [1.165, 1.54) is 5.56 Å². The molecule has 5 nitrogen and oxygen atoms in total. The number of amides is 1. The van der Waals surface area contributed by atoms with E-state index in [0.29, 0.717) is 30.6 Å². The van der Waals surface area contributed by atoms with Crippen molar-refractivity contribution in [1.29, 1.82) is 0 Å². The molecule has 162 valence electrons. The summed E-state index contributed by atoms with van der Waals surface area (Å²) >= 11 is 5.85. The van der Waals surface area contributed by atoms with Gasteiger partial charge >= 0.3 is 0 Å². The molecular weight excluding hydrogens is 398 g/mol. The molecule has 0 spiro atoms. The van der Waals surface area contributed by atoms with Crippen LogP contribution in [0.3, 0.4) is 0 Å². The first-order valence-electron chi connectivity index (χ1n) is 10.7. The van der Waals surface area contributed by atoms with Crippen molar-refractivity contribution in [3.05, 3.63) is 65.2 Å². The second-order valence-corrected chi connectivity index (χ2v) is 8.49. The maximum absolute atomic E-state index is 12.2. The lowest BCUT2D eigenvalue weighted by Gasteiger charge is -2.33. The van der Waals surface area contributed by atoms with Crippen LogP contribution in [0.25, 0.3) is 0 Å². The van der Waals surface area contributed by atoms with Crippen LogP contribution >= 0.6 is 11.6 Å². The summed E-state index contributed by atoms with van der Waals surface area (Å²) in [5.74, 6) is 1.52. The Bertz CT molecular complexity index is 762. The molecule has 0 unspecified atom stereocenters. The van der Waals surface area contributed by atoms with Gasteiger partial charge in [0.05, 0.1) is 13.1 Å². The fourth-order valence-electron chi connectivity index (χ4n) is 3.88. The molecule has 0 aliphatic carbocycles. The maximum Gasteiger partial charge on any atom is 0.234 e. The van der Waals surface area contributed by atoms with Crippen LogP contribution in [0.5, 0.6) is 5.75 Å². The van der Waals surface area contributed by atoms with Gasteiger partial charge in [-0.25, -0.2) is 0 Å². The Balaban J connectivity index is 1.26. The Kier molecular flexibility index (Phi) is 9.00. The number of nitrogens with one attached hydrogen (secondary N) is 1. The Labute approximate surface area is 185 Å². The third kappa shape index (κ3) is 7.98. The van der Waals surface area contributed by atoms with Crippen LogP contribution in [0.2, 0.25) is 5.02 Å². The Morgan fingerprint density at radius 2 is 1.83 bits per heavy atom. The van der Waals surface area contributed by atoms with Gasteiger partial charge in [-0.15, -0.1) is 0 Å². The maximum atomic E-state index is 12.2. The zero-order valence-corrected chi connectivity index (χ0v) is 18.5. The Morgan fingerprint density at radius 1 is 1.13 bits per heavy atom. The van der Waals surface area contributed by atoms with Crippen molar-refractivity contribution in [3.8, 4) is 5.75 Å². The van der Waals surface area contributed by atoms with E-state index >= 15 is 0 Å². The number of carbonyl (C=O) groups excluding carboxylic acids is 1. The molecule has 2 aromatic rings. The molecule has 1 aliphatic heterocycles. The van der Waals surface area contributed by atoms with Gasteiger partial charge in [-0.1, -0.05) is 41.9 Å². The van der Waals surface area contributed by atoms with E-state index < -0.39 is 0 Å². The molecule has 0 bridgehead atoms. The van der Waals surface area contributed by atoms with Gasteiger partial charge in [-0.3, -0.25) is 9.69 Å². The monoisotopic (exact) mass is 429 g/mol. The van der Waals surface area contributed by atoms with Crippen molar-refractivity contribution in [3.63, 3.8) is 0 Å². The van der Waals surface area contributed by atoms with Crippen molar-refractivity contribution < 1.29 is 9.53 Å². The molecule has 30 heavy (non-hydrogen) atoms. The fourth-order valence-corrected chi connectivity index (χ4v) is 4.00. The number of rotatable bonds is 10. The number of ether oxygens (including phenoxy) is 1. The van der Waals surface area contributed by atoms with E-state index in [-0.39, 0.29) is 5.91 Å². The molecular formula is C24H32ClN3O2. The molecule has 0 atom stereocenters. The summed E-state index contributed by atoms with van der Waals surface area (Å²) in [5, 5.41) is 3.63. The zero-order valence-electron chi connectivity index (χ0n) is 17.7. The van der Waals surface area contributed by atoms with Crippen LogP contribution in [0.15, 0.2) is 54.6 Å². The van der Waals surface area contributed by atoms with Crippen molar-refractivity contribution >= 4 is 17.5 Å². The summed E-state index contributed by atoms with van der Waals surface area (Å²) in [5.41, 5.74) is 1.36. The predicted octanol–water partition coefficient (Wildman–Crippen LogP) is 3.68. The predicted molar refractivity (Wildman–Crippen MR) is 122 cm³/mol. The molecule has 3 rings (SSSR count). The molecule has 1 fully saturated rings. The number of piperidine rings is 1. The first-order chi connectivity index (χ1) is 14.6. The number of benzene rings is 2. The highest BCUT2D eigenvalue weighted by atomic mass is 35.5. The molecule has 0 radical (unpaired) electrons. The second kappa shape index (κ2) is 11.9. The van der Waals surface area contributed by atoms with E-state index in [4.69, 9.17) is 16.3 Å². The van der Waals surface area contributed by atoms with Gasteiger partial charge in [0.15, 0.2) is 0 Å². The number of hydrogen-bond donors (Lipinski definition) is 1. The first kappa shape index (κ1) is 22.6. The van der Waals surface area contributed by atoms with E-state index in [9.17, 15) is 4.79 Å². The molecule has 1 aliphatic rings. The number of halogens is 1. The van der Waals surface area contributed by atoms with Crippen LogP contribution in [-0.2, 0) is 11.3 Å². The highest BCUT2D eigenvalue weighted by Crippen LogP contribution is 2.19. The largest absolute Gasteiger partial charge is 0.492 e. The lowest BCUT2D eigenvalue weighted by molar-refractivity contribution is -0.122. The van der Waals surface area contributed by atoms with Crippen molar-refractivity contribution in [1.82, 2.24) is 15.1 Å². The number of likely N-dealkylation sites (tertiary alicyclic amines) is 1.